The van der Waals surface area contributed by atoms with Gasteiger partial charge in [-0.3, -0.25) is 0 Å². The third kappa shape index (κ3) is 13.1. The largest absolute Gasteiger partial charge is 0.316 e. The van der Waals surface area contributed by atoms with Gasteiger partial charge in [-0.1, -0.05) is 52.2 Å². The third-order valence-corrected chi connectivity index (χ3v) is 1.65. The lowest BCUT2D eigenvalue weighted by Crippen LogP contribution is -2.28. The van der Waals surface area contributed by atoms with Crippen molar-refractivity contribution in [3.63, 3.8) is 0 Å². The summed E-state index contributed by atoms with van der Waals surface area (Å²) in [5.74, 6) is 0. The van der Waals surface area contributed by atoms with E-state index in [0.29, 0.717) is 0 Å². The van der Waals surface area contributed by atoms with Gasteiger partial charge in [-0.05, 0) is 12.1 Å². The van der Waals surface area contributed by atoms with E-state index in [4.69, 9.17) is 0 Å². The van der Waals surface area contributed by atoms with E-state index in [9.17, 15) is 0 Å². The fourth-order valence-electron chi connectivity index (χ4n) is 0.937. The SMILES string of the molecule is C=C/C=C(\C=C)CNCCNCC.CC. The maximum Gasteiger partial charge on any atom is 0.0205 e. The summed E-state index contributed by atoms with van der Waals surface area (Å²) in [6.07, 6.45) is 5.60. The second-order valence-electron chi connectivity index (χ2n) is 2.71. The second-order valence-corrected chi connectivity index (χ2v) is 2.71. The Morgan fingerprint density at radius 3 is 2.20 bits per heavy atom. The standard InChI is InChI=1S/C11H20N2.C2H6/c1-4-7-11(5-2)10-13-9-8-12-6-3;1-2/h4-5,7,12-13H,1-2,6,8-10H2,3H3;1-2H3/b11-7+;. The number of hydrogen-bond acceptors (Lipinski definition) is 2. The van der Waals surface area contributed by atoms with Crippen LogP contribution in [0.3, 0.4) is 0 Å². The van der Waals surface area contributed by atoms with Crippen molar-refractivity contribution in [1.29, 1.82) is 0 Å². The molecule has 0 spiro atoms. The number of nitrogens with one attached hydrogen (secondary N) is 2. The molecule has 0 fully saturated rings. The summed E-state index contributed by atoms with van der Waals surface area (Å²) in [5, 5.41) is 6.55. The van der Waals surface area contributed by atoms with Crippen LogP contribution in [-0.2, 0) is 0 Å². The van der Waals surface area contributed by atoms with Gasteiger partial charge in [0, 0.05) is 19.6 Å². The Hall–Kier alpha value is -0.860. The lowest BCUT2D eigenvalue weighted by molar-refractivity contribution is 0.649. The molecule has 0 heterocycles. The molecule has 0 atom stereocenters. The fourth-order valence-corrected chi connectivity index (χ4v) is 0.937. The molecular weight excluding hydrogens is 184 g/mol. The molecule has 0 aliphatic rings. The Bertz CT molecular complexity index is 171. The van der Waals surface area contributed by atoms with E-state index in [1.165, 1.54) is 5.57 Å². The van der Waals surface area contributed by atoms with Gasteiger partial charge < -0.3 is 10.6 Å². The van der Waals surface area contributed by atoms with Gasteiger partial charge >= 0.3 is 0 Å². The van der Waals surface area contributed by atoms with Crippen LogP contribution in [0.4, 0.5) is 0 Å². The molecule has 0 unspecified atom stereocenters. The number of allylic oxidation sites excluding steroid dienone is 2. The summed E-state index contributed by atoms with van der Waals surface area (Å²) < 4.78 is 0. The average Bonchev–Trinajstić information content (AvgIpc) is 2.30. The minimum atomic E-state index is 0.862. The molecule has 15 heavy (non-hydrogen) atoms. The zero-order chi connectivity index (χ0) is 11.9. The molecule has 0 aromatic carbocycles. The first-order valence-corrected chi connectivity index (χ1v) is 5.70. The first-order valence-electron chi connectivity index (χ1n) is 5.70. The highest BCUT2D eigenvalue weighted by Crippen LogP contribution is 1.92. The van der Waals surface area contributed by atoms with Gasteiger partial charge in [0.05, 0.1) is 0 Å². The van der Waals surface area contributed by atoms with Crippen LogP contribution < -0.4 is 10.6 Å². The summed E-state index contributed by atoms with van der Waals surface area (Å²) in [6, 6.07) is 0. The van der Waals surface area contributed by atoms with Crippen LogP contribution in [0, 0.1) is 0 Å². The van der Waals surface area contributed by atoms with Crippen molar-refractivity contribution in [2.45, 2.75) is 20.8 Å². The number of hydrogen-bond donors (Lipinski definition) is 2. The highest BCUT2D eigenvalue weighted by Gasteiger charge is 1.89. The summed E-state index contributed by atoms with van der Waals surface area (Å²) >= 11 is 0. The third-order valence-electron chi connectivity index (χ3n) is 1.65. The second kappa shape index (κ2) is 15.6. The van der Waals surface area contributed by atoms with Gasteiger partial charge in [-0.2, -0.15) is 0 Å². The van der Waals surface area contributed by atoms with Crippen molar-refractivity contribution in [3.8, 4) is 0 Å². The Balaban J connectivity index is 0. The van der Waals surface area contributed by atoms with Crippen LogP contribution in [0.25, 0.3) is 0 Å². The molecule has 0 radical (unpaired) electrons. The maximum atomic E-state index is 3.72. The lowest BCUT2D eigenvalue weighted by atomic mass is 10.2. The number of likely N-dealkylation sites (N-methyl/N-ethyl adjacent to an activating group) is 1. The van der Waals surface area contributed by atoms with Gasteiger partial charge in [0.25, 0.3) is 0 Å². The Morgan fingerprint density at radius 2 is 1.73 bits per heavy atom. The molecule has 2 N–H and O–H groups in total. The van der Waals surface area contributed by atoms with E-state index in [1.807, 2.05) is 26.0 Å². The molecule has 2 heteroatoms. The molecule has 0 aromatic rings. The molecule has 0 bridgehead atoms. The van der Waals surface area contributed by atoms with Crippen molar-refractivity contribution in [2.75, 3.05) is 26.2 Å². The summed E-state index contributed by atoms with van der Waals surface area (Å²) in [6.45, 7) is 17.3. The highest BCUT2D eigenvalue weighted by atomic mass is 14.9. The Labute approximate surface area is 95.2 Å². The summed E-state index contributed by atoms with van der Waals surface area (Å²) in [5.41, 5.74) is 1.17. The van der Waals surface area contributed by atoms with E-state index >= 15 is 0 Å². The Morgan fingerprint density at radius 1 is 1.13 bits per heavy atom. The molecule has 0 amide bonds. The summed E-state index contributed by atoms with van der Waals surface area (Å²) in [7, 11) is 0. The zero-order valence-corrected chi connectivity index (χ0v) is 10.5. The zero-order valence-electron chi connectivity index (χ0n) is 10.5. The van der Waals surface area contributed by atoms with Crippen LogP contribution >= 0.6 is 0 Å². The smallest absolute Gasteiger partial charge is 0.0205 e. The normalized spacial score (nSPS) is 10.2. The predicted molar refractivity (Wildman–Crippen MR) is 71.2 cm³/mol. The topological polar surface area (TPSA) is 24.1 Å². The van der Waals surface area contributed by atoms with Crippen LogP contribution in [-0.4, -0.2) is 26.2 Å². The minimum absolute atomic E-state index is 0.862. The van der Waals surface area contributed by atoms with E-state index in [-0.39, 0.29) is 0 Å². The monoisotopic (exact) mass is 210 g/mol. The van der Waals surface area contributed by atoms with Crippen molar-refractivity contribution < 1.29 is 0 Å². The van der Waals surface area contributed by atoms with Crippen LogP contribution in [0.2, 0.25) is 0 Å². The molecule has 88 valence electrons. The van der Waals surface area contributed by atoms with E-state index in [0.717, 1.165) is 26.2 Å². The van der Waals surface area contributed by atoms with Crippen molar-refractivity contribution >= 4 is 0 Å². The molecule has 0 aliphatic carbocycles. The van der Waals surface area contributed by atoms with Gasteiger partial charge in [0.2, 0.25) is 0 Å². The quantitative estimate of drug-likeness (QED) is 0.475. The van der Waals surface area contributed by atoms with Gasteiger partial charge in [0.15, 0.2) is 0 Å². The van der Waals surface area contributed by atoms with E-state index in [1.54, 1.807) is 6.08 Å². The lowest BCUT2D eigenvalue weighted by Gasteiger charge is -2.05. The fraction of sp³-hybridized carbons (Fsp3) is 0.538. The van der Waals surface area contributed by atoms with Crippen molar-refractivity contribution in [3.05, 3.63) is 37.0 Å². The van der Waals surface area contributed by atoms with Gasteiger partial charge in [0.1, 0.15) is 0 Å². The van der Waals surface area contributed by atoms with Crippen LogP contribution in [0.15, 0.2) is 37.0 Å². The van der Waals surface area contributed by atoms with E-state index in [2.05, 4.69) is 30.7 Å². The first-order chi connectivity index (χ1) is 7.35. The minimum Gasteiger partial charge on any atom is -0.316 e. The van der Waals surface area contributed by atoms with E-state index < -0.39 is 0 Å². The van der Waals surface area contributed by atoms with Gasteiger partial charge in [-0.15, -0.1) is 0 Å². The molecule has 0 aliphatic heterocycles. The number of rotatable bonds is 8. The molecule has 0 rings (SSSR count). The molecule has 0 aromatic heterocycles. The first kappa shape index (κ1) is 16.6. The summed E-state index contributed by atoms with van der Waals surface area (Å²) in [4.78, 5) is 0. The highest BCUT2D eigenvalue weighted by molar-refractivity contribution is 5.22. The van der Waals surface area contributed by atoms with Crippen molar-refractivity contribution in [2.24, 2.45) is 0 Å². The Kier molecular flexibility index (Phi) is 17.2. The van der Waals surface area contributed by atoms with Crippen molar-refractivity contribution in [1.82, 2.24) is 10.6 Å². The predicted octanol–water partition coefficient (Wildman–Crippen LogP) is 2.51. The molecule has 0 saturated carbocycles. The van der Waals surface area contributed by atoms with Crippen LogP contribution in [0.1, 0.15) is 20.8 Å². The average molecular weight is 210 g/mol. The molecule has 2 nitrogen and oxygen atoms in total. The van der Waals surface area contributed by atoms with Crippen LogP contribution in [0.5, 0.6) is 0 Å². The maximum absolute atomic E-state index is 3.72. The molecule has 0 saturated heterocycles. The van der Waals surface area contributed by atoms with Gasteiger partial charge in [-0.25, -0.2) is 0 Å². The molecular formula is C13H26N2.